The molecule has 0 aromatic carbocycles. The minimum absolute atomic E-state index is 0.114. The van der Waals surface area contributed by atoms with Crippen molar-refractivity contribution < 1.29 is 18.7 Å². The molecule has 1 fully saturated rings. The van der Waals surface area contributed by atoms with E-state index in [4.69, 9.17) is 5.11 Å². The minimum atomic E-state index is -2.27. The number of carboxylic acid groups (broad SMARTS) is 1. The van der Waals surface area contributed by atoms with E-state index in [0.717, 1.165) is 6.42 Å². The third kappa shape index (κ3) is 3.57. The number of halogens is 2. The molecule has 14 heavy (non-hydrogen) atoms. The molecular weight excluding hydrogens is 192 g/mol. The van der Waals surface area contributed by atoms with Gasteiger partial charge in [0.1, 0.15) is 6.04 Å². The molecule has 0 aromatic rings. The molecule has 1 heterocycles. The fraction of sp³-hybridized carbons (Fsp3) is 0.889. The number of hydrogen-bond acceptors (Lipinski definition) is 2. The lowest BCUT2D eigenvalue weighted by atomic mass is 9.89. The summed E-state index contributed by atoms with van der Waals surface area (Å²) in [5, 5.41) is 11.6. The molecule has 0 aromatic heterocycles. The van der Waals surface area contributed by atoms with Gasteiger partial charge in [-0.3, -0.25) is 4.79 Å². The van der Waals surface area contributed by atoms with Crippen molar-refractivity contribution in [1.29, 1.82) is 0 Å². The van der Waals surface area contributed by atoms with Crippen molar-refractivity contribution in [2.24, 2.45) is 5.92 Å². The average molecular weight is 207 g/mol. The van der Waals surface area contributed by atoms with Crippen LogP contribution in [0.4, 0.5) is 8.78 Å². The first kappa shape index (κ1) is 11.4. The van der Waals surface area contributed by atoms with Crippen LogP contribution in [0.1, 0.15) is 25.7 Å². The van der Waals surface area contributed by atoms with Gasteiger partial charge in [0.2, 0.25) is 6.43 Å². The predicted octanol–water partition coefficient (Wildman–Crippen LogP) is 1.48. The van der Waals surface area contributed by atoms with Crippen LogP contribution in [0.2, 0.25) is 0 Å². The van der Waals surface area contributed by atoms with Gasteiger partial charge in [0.25, 0.3) is 0 Å². The Labute approximate surface area is 81.5 Å². The number of nitrogens with one attached hydrogen (secondary N) is 1. The lowest BCUT2D eigenvalue weighted by molar-refractivity contribution is -0.140. The number of carbonyl (C=O) groups is 1. The van der Waals surface area contributed by atoms with Crippen LogP contribution in [-0.4, -0.2) is 30.1 Å². The van der Waals surface area contributed by atoms with Crippen molar-refractivity contribution in [3.8, 4) is 0 Å². The first-order valence-electron chi connectivity index (χ1n) is 4.84. The summed E-state index contributed by atoms with van der Waals surface area (Å²) in [6.45, 7) is 0.616. The summed E-state index contributed by atoms with van der Waals surface area (Å²) in [6.07, 6.45) is -0.674. The number of alkyl halides is 2. The Morgan fingerprint density at radius 1 is 1.57 bits per heavy atom. The summed E-state index contributed by atoms with van der Waals surface area (Å²) >= 11 is 0. The Morgan fingerprint density at radius 2 is 2.29 bits per heavy atom. The Kier molecular flexibility index (Phi) is 4.25. The maximum atomic E-state index is 11.9. The second kappa shape index (κ2) is 5.24. The van der Waals surface area contributed by atoms with Gasteiger partial charge >= 0.3 is 5.97 Å². The number of rotatable bonds is 4. The minimum Gasteiger partial charge on any atom is -0.480 e. The summed E-state index contributed by atoms with van der Waals surface area (Å²) in [5.74, 6) is -0.752. The zero-order valence-corrected chi connectivity index (χ0v) is 7.88. The molecule has 0 bridgehead atoms. The van der Waals surface area contributed by atoms with Crippen molar-refractivity contribution in [1.82, 2.24) is 5.32 Å². The smallest absolute Gasteiger partial charge is 0.320 e. The van der Waals surface area contributed by atoms with Crippen LogP contribution >= 0.6 is 0 Å². The van der Waals surface area contributed by atoms with E-state index < -0.39 is 18.4 Å². The van der Waals surface area contributed by atoms with Gasteiger partial charge < -0.3 is 10.4 Å². The summed E-state index contributed by atoms with van der Waals surface area (Å²) < 4.78 is 23.8. The van der Waals surface area contributed by atoms with E-state index in [9.17, 15) is 13.6 Å². The molecular formula is C9H15F2NO2. The van der Waals surface area contributed by atoms with E-state index in [1.54, 1.807) is 0 Å². The van der Waals surface area contributed by atoms with Crippen molar-refractivity contribution in [3.05, 3.63) is 0 Å². The van der Waals surface area contributed by atoms with Crippen molar-refractivity contribution in [2.45, 2.75) is 38.2 Å². The molecule has 82 valence electrons. The van der Waals surface area contributed by atoms with Crippen LogP contribution in [0.15, 0.2) is 0 Å². The fourth-order valence-corrected chi connectivity index (χ4v) is 1.81. The average Bonchev–Trinajstić information content (AvgIpc) is 2.15. The number of piperidine rings is 1. The highest BCUT2D eigenvalue weighted by molar-refractivity contribution is 5.73. The third-order valence-corrected chi connectivity index (χ3v) is 2.60. The molecule has 1 aliphatic heterocycles. The predicted molar refractivity (Wildman–Crippen MR) is 47.4 cm³/mol. The van der Waals surface area contributed by atoms with Crippen molar-refractivity contribution in [2.75, 3.05) is 6.54 Å². The zero-order chi connectivity index (χ0) is 10.6. The highest BCUT2D eigenvalue weighted by Gasteiger charge is 2.26. The summed E-state index contributed by atoms with van der Waals surface area (Å²) in [4.78, 5) is 10.6. The SMILES string of the molecule is O=C(O)C1CC(CCC(F)F)CCN1. The van der Waals surface area contributed by atoms with E-state index in [-0.39, 0.29) is 12.3 Å². The third-order valence-electron chi connectivity index (χ3n) is 2.60. The Morgan fingerprint density at radius 3 is 2.86 bits per heavy atom. The van der Waals surface area contributed by atoms with Gasteiger partial charge in [0.05, 0.1) is 0 Å². The molecule has 1 rings (SSSR count). The zero-order valence-electron chi connectivity index (χ0n) is 7.88. The second-order valence-electron chi connectivity index (χ2n) is 3.70. The summed E-state index contributed by atoms with van der Waals surface area (Å²) in [5.41, 5.74) is 0. The number of carboxylic acids is 1. The molecule has 0 amide bonds. The largest absolute Gasteiger partial charge is 0.480 e. The van der Waals surface area contributed by atoms with Gasteiger partial charge in [-0.15, -0.1) is 0 Å². The monoisotopic (exact) mass is 207 g/mol. The number of aliphatic carboxylic acids is 1. The molecule has 0 spiro atoms. The van der Waals surface area contributed by atoms with E-state index in [1.165, 1.54) is 0 Å². The van der Waals surface area contributed by atoms with Gasteiger partial charge in [0.15, 0.2) is 0 Å². The van der Waals surface area contributed by atoms with E-state index in [2.05, 4.69) is 5.32 Å². The second-order valence-corrected chi connectivity index (χ2v) is 3.70. The van der Waals surface area contributed by atoms with Crippen LogP contribution in [0.5, 0.6) is 0 Å². The highest BCUT2D eigenvalue weighted by atomic mass is 19.3. The lowest BCUT2D eigenvalue weighted by Crippen LogP contribution is -2.43. The van der Waals surface area contributed by atoms with E-state index in [0.29, 0.717) is 19.4 Å². The van der Waals surface area contributed by atoms with Crippen LogP contribution in [0.25, 0.3) is 0 Å². The van der Waals surface area contributed by atoms with Crippen LogP contribution < -0.4 is 5.32 Å². The van der Waals surface area contributed by atoms with Gasteiger partial charge in [-0.1, -0.05) is 0 Å². The summed E-state index contributed by atoms with van der Waals surface area (Å²) in [6, 6.07) is -0.550. The summed E-state index contributed by atoms with van der Waals surface area (Å²) in [7, 11) is 0. The van der Waals surface area contributed by atoms with Gasteiger partial charge in [-0.05, 0) is 31.7 Å². The first-order chi connectivity index (χ1) is 6.59. The Bertz CT molecular complexity index is 199. The molecule has 0 saturated carbocycles. The standard InChI is InChI=1S/C9H15F2NO2/c10-8(11)2-1-6-3-4-12-7(5-6)9(13)14/h6-8,12H,1-5H2,(H,13,14). The molecule has 0 radical (unpaired) electrons. The normalized spacial score (nSPS) is 27.9. The quantitative estimate of drug-likeness (QED) is 0.734. The molecule has 2 unspecified atom stereocenters. The number of hydrogen-bond donors (Lipinski definition) is 2. The van der Waals surface area contributed by atoms with E-state index in [1.807, 2.05) is 0 Å². The van der Waals surface area contributed by atoms with Crippen LogP contribution in [-0.2, 0) is 4.79 Å². The first-order valence-corrected chi connectivity index (χ1v) is 4.84. The topological polar surface area (TPSA) is 49.3 Å². The molecule has 1 aliphatic rings. The van der Waals surface area contributed by atoms with Gasteiger partial charge in [-0.25, -0.2) is 8.78 Å². The fourth-order valence-electron chi connectivity index (χ4n) is 1.81. The molecule has 0 aliphatic carbocycles. The Hall–Kier alpha value is -0.710. The van der Waals surface area contributed by atoms with Gasteiger partial charge in [-0.2, -0.15) is 0 Å². The van der Waals surface area contributed by atoms with Crippen molar-refractivity contribution in [3.63, 3.8) is 0 Å². The van der Waals surface area contributed by atoms with Crippen LogP contribution in [0.3, 0.4) is 0 Å². The maximum absolute atomic E-state index is 11.9. The molecule has 1 saturated heterocycles. The lowest BCUT2D eigenvalue weighted by Gasteiger charge is -2.27. The van der Waals surface area contributed by atoms with Gasteiger partial charge in [0, 0.05) is 6.42 Å². The molecule has 5 heteroatoms. The van der Waals surface area contributed by atoms with Crippen molar-refractivity contribution >= 4 is 5.97 Å². The van der Waals surface area contributed by atoms with Crippen LogP contribution in [0, 0.1) is 5.92 Å². The maximum Gasteiger partial charge on any atom is 0.320 e. The molecule has 2 N–H and O–H groups in total. The highest BCUT2D eigenvalue weighted by Crippen LogP contribution is 2.23. The molecule has 2 atom stereocenters. The molecule has 3 nitrogen and oxygen atoms in total. The Balaban J connectivity index is 2.29. The van der Waals surface area contributed by atoms with E-state index >= 15 is 0 Å².